The zero-order valence-corrected chi connectivity index (χ0v) is 9.16. The third kappa shape index (κ3) is 2.68. The lowest BCUT2D eigenvalue weighted by molar-refractivity contribution is 0.140. The molecule has 0 radical (unpaired) electrons. The molecular formula is C11H13BrO. The number of aliphatic hydroxyl groups is 1. The molecule has 2 heteroatoms. The fourth-order valence-electron chi connectivity index (χ4n) is 1.09. The predicted octanol–water partition coefficient (Wildman–Crippen LogP) is 3.30. The zero-order chi connectivity index (χ0) is 9.84. The Morgan fingerprint density at radius 1 is 1.38 bits per heavy atom. The van der Waals surface area contributed by atoms with Gasteiger partial charge in [0, 0.05) is 10.4 Å². The van der Waals surface area contributed by atoms with Crippen LogP contribution in [-0.2, 0) is 0 Å². The smallest absolute Gasteiger partial charge is 0.0849 e. The van der Waals surface area contributed by atoms with Crippen LogP contribution in [0, 0.1) is 5.92 Å². The molecular weight excluding hydrogens is 228 g/mol. The SMILES string of the molecule is C=CC(C)[C@H](O)c1ccc(Br)cc1. The lowest BCUT2D eigenvalue weighted by atomic mass is 9.98. The van der Waals surface area contributed by atoms with Crippen LogP contribution in [0.5, 0.6) is 0 Å². The maximum absolute atomic E-state index is 9.79. The summed E-state index contributed by atoms with van der Waals surface area (Å²) in [7, 11) is 0. The quantitative estimate of drug-likeness (QED) is 0.805. The van der Waals surface area contributed by atoms with E-state index in [0.29, 0.717) is 0 Å². The normalized spacial score (nSPS) is 15.0. The van der Waals surface area contributed by atoms with Gasteiger partial charge in [-0.15, -0.1) is 6.58 Å². The molecule has 1 unspecified atom stereocenters. The van der Waals surface area contributed by atoms with Crippen molar-refractivity contribution in [2.75, 3.05) is 0 Å². The minimum atomic E-state index is -0.453. The molecule has 0 aromatic heterocycles. The van der Waals surface area contributed by atoms with E-state index in [9.17, 15) is 5.11 Å². The largest absolute Gasteiger partial charge is 0.388 e. The number of rotatable bonds is 3. The van der Waals surface area contributed by atoms with Crippen molar-refractivity contribution in [3.8, 4) is 0 Å². The number of hydrogen-bond donors (Lipinski definition) is 1. The second-order valence-electron chi connectivity index (χ2n) is 3.09. The summed E-state index contributed by atoms with van der Waals surface area (Å²) in [6.07, 6.45) is 1.30. The van der Waals surface area contributed by atoms with Crippen molar-refractivity contribution in [3.05, 3.63) is 47.0 Å². The van der Waals surface area contributed by atoms with Crippen LogP contribution in [0.15, 0.2) is 41.4 Å². The average molecular weight is 241 g/mol. The predicted molar refractivity (Wildman–Crippen MR) is 58.5 cm³/mol. The van der Waals surface area contributed by atoms with Gasteiger partial charge >= 0.3 is 0 Å². The molecule has 0 aliphatic rings. The summed E-state index contributed by atoms with van der Waals surface area (Å²) in [5.74, 6) is 0.0844. The number of benzene rings is 1. The molecule has 0 saturated heterocycles. The number of halogens is 1. The van der Waals surface area contributed by atoms with E-state index in [4.69, 9.17) is 0 Å². The average Bonchev–Trinajstić information content (AvgIpc) is 2.17. The lowest BCUT2D eigenvalue weighted by Crippen LogP contribution is -2.05. The van der Waals surface area contributed by atoms with E-state index < -0.39 is 6.10 Å². The Morgan fingerprint density at radius 2 is 1.92 bits per heavy atom. The van der Waals surface area contributed by atoms with Crippen LogP contribution in [0.2, 0.25) is 0 Å². The highest BCUT2D eigenvalue weighted by molar-refractivity contribution is 9.10. The van der Waals surface area contributed by atoms with Crippen molar-refractivity contribution in [2.24, 2.45) is 5.92 Å². The monoisotopic (exact) mass is 240 g/mol. The van der Waals surface area contributed by atoms with Crippen LogP contribution in [0.4, 0.5) is 0 Å². The molecule has 0 bridgehead atoms. The van der Waals surface area contributed by atoms with Crippen molar-refractivity contribution in [1.29, 1.82) is 0 Å². The van der Waals surface area contributed by atoms with Gasteiger partial charge in [0.05, 0.1) is 6.10 Å². The Balaban J connectivity index is 2.82. The Kier molecular flexibility index (Phi) is 3.70. The van der Waals surface area contributed by atoms with E-state index in [2.05, 4.69) is 22.5 Å². The van der Waals surface area contributed by atoms with Gasteiger partial charge in [-0.25, -0.2) is 0 Å². The van der Waals surface area contributed by atoms with Crippen molar-refractivity contribution < 1.29 is 5.11 Å². The molecule has 0 fully saturated rings. The Morgan fingerprint density at radius 3 is 2.38 bits per heavy atom. The summed E-state index contributed by atoms with van der Waals surface area (Å²) in [6, 6.07) is 7.67. The summed E-state index contributed by atoms with van der Waals surface area (Å²) in [4.78, 5) is 0. The standard InChI is InChI=1S/C11H13BrO/c1-3-8(2)11(13)9-4-6-10(12)7-5-9/h3-8,11,13H,1H2,2H3/t8?,11-/m0/s1. The van der Waals surface area contributed by atoms with Gasteiger partial charge in [0.2, 0.25) is 0 Å². The molecule has 0 heterocycles. The molecule has 1 rings (SSSR count). The Labute approximate surface area is 87.2 Å². The molecule has 13 heavy (non-hydrogen) atoms. The van der Waals surface area contributed by atoms with Gasteiger partial charge in [-0.3, -0.25) is 0 Å². The molecule has 0 spiro atoms. The molecule has 1 N–H and O–H groups in total. The molecule has 0 aliphatic carbocycles. The first kappa shape index (κ1) is 10.5. The van der Waals surface area contributed by atoms with Gasteiger partial charge in [0.15, 0.2) is 0 Å². The van der Waals surface area contributed by atoms with E-state index in [0.717, 1.165) is 10.0 Å². The minimum Gasteiger partial charge on any atom is -0.388 e. The molecule has 1 nitrogen and oxygen atoms in total. The van der Waals surface area contributed by atoms with E-state index in [1.807, 2.05) is 31.2 Å². The van der Waals surface area contributed by atoms with Gasteiger partial charge in [-0.2, -0.15) is 0 Å². The summed E-state index contributed by atoms with van der Waals surface area (Å²) in [5, 5.41) is 9.79. The molecule has 1 aromatic carbocycles. The lowest BCUT2D eigenvalue weighted by Gasteiger charge is -2.15. The van der Waals surface area contributed by atoms with Crippen LogP contribution in [-0.4, -0.2) is 5.11 Å². The zero-order valence-electron chi connectivity index (χ0n) is 7.57. The van der Waals surface area contributed by atoms with Crippen LogP contribution in [0.3, 0.4) is 0 Å². The summed E-state index contributed by atoms with van der Waals surface area (Å²) in [5.41, 5.74) is 0.926. The molecule has 0 amide bonds. The van der Waals surface area contributed by atoms with Crippen molar-refractivity contribution in [3.63, 3.8) is 0 Å². The molecule has 1 aromatic rings. The van der Waals surface area contributed by atoms with E-state index >= 15 is 0 Å². The minimum absolute atomic E-state index is 0.0844. The third-order valence-electron chi connectivity index (χ3n) is 2.08. The molecule has 70 valence electrons. The van der Waals surface area contributed by atoms with Gasteiger partial charge in [0.1, 0.15) is 0 Å². The number of hydrogen-bond acceptors (Lipinski definition) is 1. The Bertz CT molecular complexity index is 279. The van der Waals surface area contributed by atoms with Crippen molar-refractivity contribution >= 4 is 15.9 Å². The second-order valence-corrected chi connectivity index (χ2v) is 4.01. The summed E-state index contributed by atoms with van der Waals surface area (Å²) in [6.45, 7) is 5.60. The molecule has 0 saturated carbocycles. The van der Waals surface area contributed by atoms with Crippen molar-refractivity contribution in [2.45, 2.75) is 13.0 Å². The Hall–Kier alpha value is -0.600. The van der Waals surface area contributed by atoms with E-state index in [1.54, 1.807) is 6.08 Å². The third-order valence-corrected chi connectivity index (χ3v) is 2.61. The van der Waals surface area contributed by atoms with Gasteiger partial charge in [-0.05, 0) is 17.7 Å². The van der Waals surface area contributed by atoms with Gasteiger partial charge in [-0.1, -0.05) is 41.1 Å². The highest BCUT2D eigenvalue weighted by atomic mass is 79.9. The fourth-order valence-corrected chi connectivity index (χ4v) is 1.36. The first-order valence-corrected chi connectivity index (χ1v) is 5.00. The topological polar surface area (TPSA) is 20.2 Å². The van der Waals surface area contributed by atoms with E-state index in [-0.39, 0.29) is 5.92 Å². The first-order chi connectivity index (χ1) is 6.15. The fraction of sp³-hybridized carbons (Fsp3) is 0.273. The van der Waals surface area contributed by atoms with E-state index in [1.165, 1.54) is 0 Å². The number of aliphatic hydroxyl groups excluding tert-OH is 1. The first-order valence-electron chi connectivity index (χ1n) is 4.21. The summed E-state index contributed by atoms with van der Waals surface area (Å²) >= 11 is 3.35. The van der Waals surface area contributed by atoms with Crippen molar-refractivity contribution in [1.82, 2.24) is 0 Å². The summed E-state index contributed by atoms with van der Waals surface area (Å²) < 4.78 is 1.02. The van der Waals surface area contributed by atoms with Crippen LogP contribution in [0.25, 0.3) is 0 Å². The molecule has 2 atom stereocenters. The maximum atomic E-state index is 9.79. The highest BCUT2D eigenvalue weighted by Gasteiger charge is 2.12. The van der Waals surface area contributed by atoms with Gasteiger partial charge < -0.3 is 5.11 Å². The van der Waals surface area contributed by atoms with Crippen LogP contribution in [0.1, 0.15) is 18.6 Å². The van der Waals surface area contributed by atoms with Gasteiger partial charge in [0.25, 0.3) is 0 Å². The highest BCUT2D eigenvalue weighted by Crippen LogP contribution is 2.23. The second kappa shape index (κ2) is 4.58. The van der Waals surface area contributed by atoms with Crippen LogP contribution >= 0.6 is 15.9 Å². The maximum Gasteiger partial charge on any atom is 0.0849 e. The molecule has 0 aliphatic heterocycles. The van der Waals surface area contributed by atoms with Crippen LogP contribution < -0.4 is 0 Å².